The monoisotopic (exact) mass is 321 g/mol. The van der Waals surface area contributed by atoms with Crippen molar-refractivity contribution in [3.8, 4) is 5.75 Å². The van der Waals surface area contributed by atoms with Crippen LogP contribution in [0, 0.1) is 0 Å². The van der Waals surface area contributed by atoms with Crippen molar-refractivity contribution in [3.63, 3.8) is 0 Å². The minimum absolute atomic E-state index is 0.296. The summed E-state index contributed by atoms with van der Waals surface area (Å²) in [5, 5.41) is 8.39. The first-order chi connectivity index (χ1) is 10.5. The lowest BCUT2D eigenvalue weighted by Crippen LogP contribution is -2.14. The molecule has 3 rings (SSSR count). The molecule has 0 atom stereocenters. The van der Waals surface area contributed by atoms with Gasteiger partial charge in [0.2, 0.25) is 0 Å². The maximum absolute atomic E-state index is 11.4. The Morgan fingerprint density at radius 1 is 1.18 bits per heavy atom. The van der Waals surface area contributed by atoms with Crippen molar-refractivity contribution < 1.29 is 13.2 Å². The van der Waals surface area contributed by atoms with Crippen molar-refractivity contribution in [1.29, 1.82) is 0 Å². The lowest BCUT2D eigenvalue weighted by Gasteiger charge is -2.12. The summed E-state index contributed by atoms with van der Waals surface area (Å²) < 4.78 is 30.4. The molecule has 0 N–H and O–H groups in total. The van der Waals surface area contributed by atoms with Crippen molar-refractivity contribution in [2.24, 2.45) is 0 Å². The Morgan fingerprint density at radius 3 is 2.64 bits per heavy atom. The Hall–Kier alpha value is -1.89. The van der Waals surface area contributed by atoms with Crippen LogP contribution in [-0.4, -0.2) is 36.3 Å². The molecular weight excluding hydrogens is 302 g/mol. The quantitative estimate of drug-likeness (QED) is 0.837. The molecule has 0 saturated heterocycles. The molecule has 6 nitrogen and oxygen atoms in total. The summed E-state index contributed by atoms with van der Waals surface area (Å²) in [4.78, 5) is 0.296. The molecule has 7 heteroatoms. The normalized spacial score (nSPS) is 14.6. The summed E-state index contributed by atoms with van der Waals surface area (Å²) in [6, 6.07) is 6.46. The van der Waals surface area contributed by atoms with Crippen LogP contribution in [0.4, 0.5) is 0 Å². The van der Waals surface area contributed by atoms with Crippen LogP contribution in [0.3, 0.4) is 0 Å². The summed E-state index contributed by atoms with van der Waals surface area (Å²) in [5.41, 5.74) is 2.34. The van der Waals surface area contributed by atoms with Crippen molar-refractivity contribution in [3.05, 3.63) is 35.7 Å². The number of aryl methyl sites for hydroxylation is 1. The molecule has 1 aromatic heterocycles. The predicted molar refractivity (Wildman–Crippen MR) is 81.7 cm³/mol. The van der Waals surface area contributed by atoms with Gasteiger partial charge in [-0.2, -0.15) is 0 Å². The number of hydrogen-bond acceptors (Lipinski definition) is 5. The number of hydrogen-bond donors (Lipinski definition) is 0. The Bertz CT molecular complexity index is 751. The SMILES string of the molecule is CS(=O)(=O)c1ccc(OCCn2nnc3c2CCCC3)cc1. The molecule has 118 valence electrons. The van der Waals surface area contributed by atoms with E-state index in [0.29, 0.717) is 23.8 Å². The topological polar surface area (TPSA) is 74.1 Å². The average molecular weight is 321 g/mol. The number of benzene rings is 1. The number of aromatic nitrogens is 3. The second-order valence-electron chi connectivity index (χ2n) is 5.51. The summed E-state index contributed by atoms with van der Waals surface area (Å²) in [6.07, 6.45) is 5.62. The third kappa shape index (κ3) is 3.30. The van der Waals surface area contributed by atoms with Crippen molar-refractivity contribution in [2.75, 3.05) is 12.9 Å². The Kier molecular flexibility index (Phi) is 4.15. The summed E-state index contributed by atoms with van der Waals surface area (Å²) >= 11 is 0. The van der Waals surface area contributed by atoms with E-state index in [2.05, 4.69) is 10.3 Å². The van der Waals surface area contributed by atoms with E-state index in [1.807, 2.05) is 4.68 Å². The number of fused-ring (bicyclic) bond motifs is 1. The van der Waals surface area contributed by atoms with Crippen LogP contribution >= 0.6 is 0 Å². The van der Waals surface area contributed by atoms with Crippen LogP contribution in [0.5, 0.6) is 5.75 Å². The third-order valence-corrected chi connectivity index (χ3v) is 4.95. The minimum atomic E-state index is -3.16. The van der Waals surface area contributed by atoms with Crippen LogP contribution in [0.25, 0.3) is 0 Å². The van der Waals surface area contributed by atoms with Gasteiger partial charge in [0, 0.05) is 6.26 Å². The fraction of sp³-hybridized carbons (Fsp3) is 0.467. The number of ether oxygens (including phenoxy) is 1. The van der Waals surface area contributed by atoms with Gasteiger partial charge in [-0.1, -0.05) is 5.21 Å². The fourth-order valence-electron chi connectivity index (χ4n) is 2.63. The zero-order valence-corrected chi connectivity index (χ0v) is 13.3. The lowest BCUT2D eigenvalue weighted by atomic mass is 10.0. The van der Waals surface area contributed by atoms with Crippen LogP contribution in [0.1, 0.15) is 24.2 Å². The van der Waals surface area contributed by atoms with Crippen molar-refractivity contribution in [2.45, 2.75) is 37.1 Å². The third-order valence-electron chi connectivity index (χ3n) is 3.82. The first-order valence-electron chi connectivity index (χ1n) is 7.38. The van der Waals surface area contributed by atoms with E-state index >= 15 is 0 Å². The zero-order chi connectivity index (χ0) is 15.6. The van der Waals surface area contributed by atoms with Crippen LogP contribution < -0.4 is 4.74 Å². The molecule has 0 bridgehead atoms. The molecule has 0 unspecified atom stereocenters. The Balaban J connectivity index is 1.58. The van der Waals surface area contributed by atoms with Gasteiger partial charge in [0.25, 0.3) is 0 Å². The predicted octanol–water partition coefficient (Wildman–Crippen LogP) is 1.64. The summed E-state index contributed by atoms with van der Waals surface area (Å²) in [7, 11) is -3.16. The minimum Gasteiger partial charge on any atom is -0.492 e. The smallest absolute Gasteiger partial charge is 0.175 e. The van der Waals surface area contributed by atoms with E-state index in [-0.39, 0.29) is 0 Å². The highest BCUT2D eigenvalue weighted by atomic mass is 32.2. The van der Waals surface area contributed by atoms with Gasteiger partial charge in [-0.15, -0.1) is 5.10 Å². The maximum Gasteiger partial charge on any atom is 0.175 e. The molecular formula is C15H19N3O3S. The molecule has 1 heterocycles. The molecule has 0 aliphatic heterocycles. The van der Waals surface area contributed by atoms with Gasteiger partial charge in [0.05, 0.1) is 22.8 Å². The summed E-state index contributed by atoms with van der Waals surface area (Å²) in [5.74, 6) is 0.654. The maximum atomic E-state index is 11.4. The second-order valence-corrected chi connectivity index (χ2v) is 7.52. The van der Waals surface area contributed by atoms with Crippen LogP contribution in [0.15, 0.2) is 29.2 Å². The van der Waals surface area contributed by atoms with Gasteiger partial charge < -0.3 is 4.74 Å². The highest BCUT2D eigenvalue weighted by molar-refractivity contribution is 7.90. The number of rotatable bonds is 5. The number of nitrogens with zero attached hydrogens (tertiary/aromatic N) is 3. The summed E-state index contributed by atoms with van der Waals surface area (Å²) in [6.45, 7) is 1.13. The first kappa shape index (κ1) is 15.0. The van der Waals surface area contributed by atoms with Gasteiger partial charge in [0.1, 0.15) is 12.4 Å². The molecule has 0 amide bonds. The van der Waals surface area contributed by atoms with Gasteiger partial charge in [0.15, 0.2) is 9.84 Å². The molecule has 22 heavy (non-hydrogen) atoms. The standard InChI is InChI=1S/C15H19N3O3S/c1-22(19,20)13-8-6-12(7-9-13)21-11-10-18-15-5-3-2-4-14(15)16-17-18/h6-9H,2-5,10-11H2,1H3. The zero-order valence-electron chi connectivity index (χ0n) is 12.5. The molecule has 0 radical (unpaired) electrons. The van der Waals surface area contributed by atoms with Crippen LogP contribution in [-0.2, 0) is 29.2 Å². The molecule has 2 aromatic rings. The highest BCUT2D eigenvalue weighted by Crippen LogP contribution is 2.19. The lowest BCUT2D eigenvalue weighted by molar-refractivity contribution is 0.287. The van der Waals surface area contributed by atoms with E-state index in [9.17, 15) is 8.42 Å². The van der Waals surface area contributed by atoms with Crippen LogP contribution in [0.2, 0.25) is 0 Å². The molecule has 0 fully saturated rings. The van der Waals surface area contributed by atoms with E-state index in [1.165, 1.54) is 24.8 Å². The van der Waals surface area contributed by atoms with Gasteiger partial charge >= 0.3 is 0 Å². The Morgan fingerprint density at radius 2 is 1.91 bits per heavy atom. The van der Waals surface area contributed by atoms with E-state index < -0.39 is 9.84 Å². The second kappa shape index (κ2) is 6.08. The van der Waals surface area contributed by atoms with E-state index in [0.717, 1.165) is 18.5 Å². The van der Waals surface area contributed by atoms with E-state index in [4.69, 9.17) is 4.74 Å². The molecule has 1 aromatic carbocycles. The first-order valence-corrected chi connectivity index (χ1v) is 9.27. The van der Waals surface area contributed by atoms with E-state index in [1.54, 1.807) is 24.3 Å². The highest BCUT2D eigenvalue weighted by Gasteiger charge is 2.16. The van der Waals surface area contributed by atoms with Crippen molar-refractivity contribution in [1.82, 2.24) is 15.0 Å². The molecule has 0 saturated carbocycles. The number of sulfone groups is 1. The largest absolute Gasteiger partial charge is 0.492 e. The van der Waals surface area contributed by atoms with Gasteiger partial charge in [-0.25, -0.2) is 13.1 Å². The Labute approximate surface area is 130 Å². The van der Waals surface area contributed by atoms with Crippen molar-refractivity contribution >= 4 is 9.84 Å². The van der Waals surface area contributed by atoms with Gasteiger partial charge in [-0.05, 0) is 49.9 Å². The molecule has 0 spiro atoms. The fourth-order valence-corrected chi connectivity index (χ4v) is 3.26. The molecule has 1 aliphatic carbocycles. The molecule has 1 aliphatic rings. The average Bonchev–Trinajstić information content (AvgIpc) is 2.90. The van der Waals surface area contributed by atoms with Gasteiger partial charge in [-0.3, -0.25) is 0 Å².